The molecule has 0 aliphatic carbocycles. The van der Waals surface area contributed by atoms with Gasteiger partial charge in [0.2, 0.25) is 35.4 Å². The van der Waals surface area contributed by atoms with Crippen LogP contribution >= 0.6 is 0 Å². The zero-order valence-corrected chi connectivity index (χ0v) is 26.1. The third-order valence-electron chi connectivity index (χ3n) is 6.55. The molecule has 1 rings (SSSR count). The topological polar surface area (TPSA) is 367 Å². The second-order valence-electron chi connectivity index (χ2n) is 10.7. The molecule has 1 aromatic carbocycles. The monoisotopic (exact) mass is 697 g/mol. The summed E-state index contributed by atoms with van der Waals surface area (Å²) in [7, 11) is 0. The number of aromatic hydroxyl groups is 1. The van der Waals surface area contributed by atoms with Gasteiger partial charge in [0.15, 0.2) is 0 Å². The predicted octanol–water partition coefficient (Wildman–Crippen LogP) is -5.00. The van der Waals surface area contributed by atoms with Gasteiger partial charge in [-0.05, 0) is 31.0 Å². The first-order chi connectivity index (χ1) is 22.8. The normalized spacial score (nSPS) is 14.3. The Morgan fingerprint density at radius 3 is 1.82 bits per heavy atom. The summed E-state index contributed by atoms with van der Waals surface area (Å²) < 4.78 is 0. The van der Waals surface area contributed by atoms with Crippen molar-refractivity contribution in [2.45, 2.75) is 75.3 Å². The van der Waals surface area contributed by atoms with Crippen LogP contribution in [-0.4, -0.2) is 122 Å². The molecule has 0 saturated carbocycles. The Balaban J connectivity index is 3.13. The Kier molecular flexibility index (Phi) is 16.6. The lowest BCUT2D eigenvalue weighted by molar-refractivity contribution is -0.147. The van der Waals surface area contributed by atoms with Gasteiger partial charge in [-0.25, -0.2) is 4.79 Å². The molecule has 21 heteroatoms. The number of nitrogens with two attached hydrogens (primary N) is 2. The maximum absolute atomic E-state index is 13.3. The molecule has 0 aliphatic heterocycles. The largest absolute Gasteiger partial charge is 0.508 e. The molecule has 49 heavy (non-hydrogen) atoms. The van der Waals surface area contributed by atoms with E-state index in [9.17, 15) is 58.5 Å². The number of carboxylic acids is 3. The SMILES string of the molecule is C[C@@H](O)[C@H](NC(=O)[C@H](CC(N)=O)NC(=O)CNC(=O)[C@@H](N)CCC(=O)O)C(=O)N[C@@H](Cc1ccc(O)cc1)C(=O)N[C@@H](CC(=O)O)C(=O)O. The van der Waals surface area contributed by atoms with E-state index in [1.807, 2.05) is 5.32 Å². The number of primary amides is 1. The maximum atomic E-state index is 13.3. The van der Waals surface area contributed by atoms with Crippen molar-refractivity contribution in [3.05, 3.63) is 29.8 Å². The zero-order chi connectivity index (χ0) is 37.4. The van der Waals surface area contributed by atoms with Crippen LogP contribution in [0.25, 0.3) is 0 Å². The van der Waals surface area contributed by atoms with E-state index < -0.39 is 115 Å². The fourth-order valence-corrected chi connectivity index (χ4v) is 4.01. The number of phenolic OH excluding ortho intramolecular Hbond substituents is 1. The average molecular weight is 698 g/mol. The van der Waals surface area contributed by atoms with Gasteiger partial charge in [0.1, 0.15) is 29.9 Å². The number of rotatable bonds is 21. The average Bonchev–Trinajstić information content (AvgIpc) is 3.00. The molecule has 0 unspecified atom stereocenters. The molecule has 0 aliphatic rings. The molecule has 0 spiro atoms. The van der Waals surface area contributed by atoms with E-state index in [2.05, 4.69) is 21.3 Å². The summed E-state index contributed by atoms with van der Waals surface area (Å²) in [4.78, 5) is 109. The number of hydrogen-bond acceptors (Lipinski definition) is 12. The number of carboxylic acid groups (broad SMARTS) is 3. The van der Waals surface area contributed by atoms with Gasteiger partial charge >= 0.3 is 17.9 Å². The quantitative estimate of drug-likeness (QED) is 0.0572. The Bertz CT molecular complexity index is 1400. The van der Waals surface area contributed by atoms with Gasteiger partial charge in [0, 0.05) is 12.8 Å². The van der Waals surface area contributed by atoms with E-state index in [1.54, 1.807) is 0 Å². The number of benzene rings is 1. The van der Waals surface area contributed by atoms with E-state index in [1.165, 1.54) is 24.3 Å². The summed E-state index contributed by atoms with van der Waals surface area (Å²) in [5, 5.41) is 57.5. The molecule has 0 saturated heterocycles. The first-order valence-electron chi connectivity index (χ1n) is 14.4. The first kappa shape index (κ1) is 41.2. The molecule has 0 radical (unpaired) electrons. The van der Waals surface area contributed by atoms with Crippen molar-refractivity contribution in [1.29, 1.82) is 0 Å². The summed E-state index contributed by atoms with van der Waals surface area (Å²) in [6.07, 6.45) is -4.51. The first-order valence-corrected chi connectivity index (χ1v) is 14.4. The second kappa shape index (κ2) is 19.7. The van der Waals surface area contributed by atoms with E-state index in [0.29, 0.717) is 5.56 Å². The molecule has 14 N–H and O–H groups in total. The van der Waals surface area contributed by atoms with Crippen molar-refractivity contribution in [1.82, 2.24) is 26.6 Å². The lowest BCUT2D eigenvalue weighted by atomic mass is 10.0. The highest BCUT2D eigenvalue weighted by Crippen LogP contribution is 2.12. The van der Waals surface area contributed by atoms with E-state index in [0.717, 1.165) is 6.92 Å². The number of amides is 6. The summed E-state index contributed by atoms with van der Waals surface area (Å²) in [5.74, 6) is -11.2. The summed E-state index contributed by atoms with van der Waals surface area (Å²) in [5.41, 5.74) is 11.1. The van der Waals surface area contributed by atoms with Crippen LogP contribution in [0.1, 0.15) is 38.2 Å². The van der Waals surface area contributed by atoms with Crippen molar-refractivity contribution in [3.8, 4) is 5.75 Å². The van der Waals surface area contributed by atoms with Crippen LogP contribution in [0.4, 0.5) is 0 Å². The fraction of sp³-hybridized carbons (Fsp3) is 0.464. The highest BCUT2D eigenvalue weighted by Gasteiger charge is 2.34. The van der Waals surface area contributed by atoms with Crippen molar-refractivity contribution in [2.24, 2.45) is 11.5 Å². The fourth-order valence-electron chi connectivity index (χ4n) is 4.01. The molecule has 0 heterocycles. The number of carbonyl (C=O) groups excluding carboxylic acids is 6. The zero-order valence-electron chi connectivity index (χ0n) is 26.1. The van der Waals surface area contributed by atoms with Crippen LogP contribution in [0.3, 0.4) is 0 Å². The predicted molar refractivity (Wildman–Crippen MR) is 163 cm³/mol. The Morgan fingerprint density at radius 2 is 1.31 bits per heavy atom. The second-order valence-corrected chi connectivity index (χ2v) is 10.7. The molecule has 0 bridgehead atoms. The minimum absolute atomic E-state index is 0.141. The minimum atomic E-state index is -1.90. The van der Waals surface area contributed by atoms with Gasteiger partial charge in [0.25, 0.3) is 0 Å². The van der Waals surface area contributed by atoms with Gasteiger partial charge in [-0.3, -0.25) is 38.4 Å². The van der Waals surface area contributed by atoms with Crippen molar-refractivity contribution in [2.75, 3.05) is 6.54 Å². The highest BCUT2D eigenvalue weighted by molar-refractivity contribution is 5.97. The number of aliphatic hydroxyl groups excluding tert-OH is 1. The molecular weight excluding hydrogens is 658 g/mol. The van der Waals surface area contributed by atoms with Crippen molar-refractivity contribution >= 4 is 53.4 Å². The van der Waals surface area contributed by atoms with E-state index >= 15 is 0 Å². The Hall–Kier alpha value is -5.83. The smallest absolute Gasteiger partial charge is 0.326 e. The Morgan fingerprint density at radius 1 is 0.735 bits per heavy atom. The van der Waals surface area contributed by atoms with Gasteiger partial charge in [-0.2, -0.15) is 0 Å². The van der Waals surface area contributed by atoms with Crippen LogP contribution in [0.2, 0.25) is 0 Å². The Labute approximate surface area is 277 Å². The number of nitrogens with one attached hydrogen (secondary N) is 5. The minimum Gasteiger partial charge on any atom is -0.508 e. The van der Waals surface area contributed by atoms with Gasteiger partial charge in [-0.15, -0.1) is 0 Å². The molecule has 270 valence electrons. The van der Waals surface area contributed by atoms with Crippen molar-refractivity contribution < 1.29 is 68.7 Å². The number of aliphatic hydroxyl groups is 1. The van der Waals surface area contributed by atoms with Crippen molar-refractivity contribution in [3.63, 3.8) is 0 Å². The third-order valence-corrected chi connectivity index (χ3v) is 6.55. The van der Waals surface area contributed by atoms with Crippen LogP contribution in [0.15, 0.2) is 24.3 Å². The highest BCUT2D eigenvalue weighted by atomic mass is 16.4. The lowest BCUT2D eigenvalue weighted by Crippen LogP contribution is -2.61. The summed E-state index contributed by atoms with van der Waals surface area (Å²) >= 11 is 0. The van der Waals surface area contributed by atoms with Gasteiger partial charge in [-0.1, -0.05) is 12.1 Å². The molecule has 0 aromatic heterocycles. The van der Waals surface area contributed by atoms with E-state index in [4.69, 9.17) is 21.7 Å². The molecule has 0 fully saturated rings. The molecule has 21 nitrogen and oxygen atoms in total. The van der Waals surface area contributed by atoms with Crippen LogP contribution in [0.5, 0.6) is 5.75 Å². The van der Waals surface area contributed by atoms with Crippen LogP contribution in [0, 0.1) is 0 Å². The number of aliphatic carboxylic acids is 3. The standard InChI is InChI=1S/C28H39N7O14/c1-12(36)23(35-26(46)17(9-19(30)38)32-20(39)11-31-24(44)15(29)6-7-21(40)41)27(47)33-16(8-13-2-4-14(37)5-3-13)25(45)34-18(28(48)49)10-22(42)43/h2-5,12,15-18,23,36-37H,6-11,29H2,1H3,(H2,30,38)(H,31,44)(H,32,39)(H,33,47)(H,34,45)(H,35,46)(H,40,41)(H,42,43)(H,48,49)/t12-,15+,16+,17+,18+,23+/m1/s1. The molecular formula is C28H39N7O14. The van der Waals surface area contributed by atoms with Gasteiger partial charge < -0.3 is 63.6 Å². The number of hydrogen-bond donors (Lipinski definition) is 12. The number of phenols is 1. The van der Waals surface area contributed by atoms with Crippen LogP contribution < -0.4 is 38.1 Å². The third kappa shape index (κ3) is 15.5. The molecule has 6 amide bonds. The van der Waals surface area contributed by atoms with Crippen LogP contribution in [-0.2, 0) is 49.6 Å². The van der Waals surface area contributed by atoms with Gasteiger partial charge in [0.05, 0.1) is 31.5 Å². The van der Waals surface area contributed by atoms with E-state index in [-0.39, 0.29) is 18.6 Å². The summed E-state index contributed by atoms with van der Waals surface area (Å²) in [6, 6.07) is -3.18. The number of carbonyl (C=O) groups is 9. The molecule has 1 aromatic rings. The molecule has 6 atom stereocenters. The maximum Gasteiger partial charge on any atom is 0.326 e. The summed E-state index contributed by atoms with van der Waals surface area (Å²) in [6.45, 7) is 0.299. The lowest BCUT2D eigenvalue weighted by Gasteiger charge is -2.27.